The topological polar surface area (TPSA) is 35.9 Å². The predicted octanol–water partition coefficient (Wildman–Crippen LogP) is 6.03. The number of carbonyl (C=O) groups is 1. The minimum absolute atomic E-state index is 0.0979. The van der Waals surface area contributed by atoms with Crippen molar-refractivity contribution in [1.29, 1.82) is 0 Å². The molecule has 0 bridgehead atoms. The number of Topliss-reactive ketones (excluding diaryl/α,β-unsaturated/α-hetero) is 1. The molecule has 174 valence electrons. The van der Waals surface area contributed by atoms with Gasteiger partial charge in [0.05, 0.1) is 13.1 Å². The lowest BCUT2D eigenvalue weighted by Gasteiger charge is -2.33. The van der Waals surface area contributed by atoms with Crippen LogP contribution >= 0.6 is 0 Å². The minimum Gasteiger partial charge on any atom is -0.360 e. The number of benzene rings is 4. The summed E-state index contributed by atoms with van der Waals surface area (Å²) < 4.78 is 0. The van der Waals surface area contributed by atoms with E-state index in [2.05, 4.69) is 58.3 Å². The summed E-state index contributed by atoms with van der Waals surface area (Å²) in [5.74, 6) is 1.05. The summed E-state index contributed by atoms with van der Waals surface area (Å²) in [4.78, 5) is 23.2. The van der Waals surface area contributed by atoms with Crippen molar-refractivity contribution in [3.8, 4) is 0 Å². The van der Waals surface area contributed by atoms with Crippen molar-refractivity contribution < 1.29 is 4.79 Å². The van der Waals surface area contributed by atoms with Crippen LogP contribution in [0.1, 0.15) is 27.5 Å². The molecule has 4 aromatic carbocycles. The maximum Gasteiger partial charge on any atom is 0.189 e. The fourth-order valence-electron chi connectivity index (χ4n) is 4.65. The standard InChI is InChI=1S/C31H29N3O/c35-31(27-17-9-3-10-18-27)30(26-15-7-2-8-16-26)34-22-21-32-29(34)24-33(28-19-11-4-12-20-28)23-25-13-5-1-6-14-25/h1-20,30H,21-24H2. The van der Waals surface area contributed by atoms with Crippen LogP contribution in [0, 0.1) is 0 Å². The second-order valence-electron chi connectivity index (χ2n) is 8.71. The Kier molecular flexibility index (Phi) is 7.00. The maximum atomic E-state index is 13.8. The smallest absolute Gasteiger partial charge is 0.189 e. The highest BCUT2D eigenvalue weighted by molar-refractivity contribution is 6.03. The number of hydrogen-bond acceptors (Lipinski definition) is 4. The lowest BCUT2D eigenvalue weighted by Crippen LogP contribution is -2.42. The quantitative estimate of drug-likeness (QED) is 0.287. The number of nitrogens with zero attached hydrogens (tertiary/aromatic N) is 3. The van der Waals surface area contributed by atoms with E-state index in [1.54, 1.807) is 0 Å². The fraction of sp³-hybridized carbons (Fsp3) is 0.161. The number of anilines is 1. The highest BCUT2D eigenvalue weighted by Gasteiger charge is 2.33. The van der Waals surface area contributed by atoms with E-state index in [0.29, 0.717) is 13.1 Å². The van der Waals surface area contributed by atoms with E-state index in [1.165, 1.54) is 5.56 Å². The summed E-state index contributed by atoms with van der Waals surface area (Å²) in [5.41, 5.74) is 4.08. The number of ketones is 1. The molecule has 0 spiro atoms. The number of amidine groups is 1. The monoisotopic (exact) mass is 459 g/mol. The van der Waals surface area contributed by atoms with Gasteiger partial charge in [0, 0.05) is 24.3 Å². The van der Waals surface area contributed by atoms with E-state index in [0.717, 1.165) is 35.7 Å². The van der Waals surface area contributed by atoms with Gasteiger partial charge >= 0.3 is 0 Å². The van der Waals surface area contributed by atoms with Crippen molar-refractivity contribution >= 4 is 17.3 Å². The van der Waals surface area contributed by atoms with Crippen LogP contribution in [0.15, 0.2) is 126 Å². The summed E-state index contributed by atoms with van der Waals surface area (Å²) in [6.07, 6.45) is 0. The molecule has 0 N–H and O–H groups in total. The zero-order valence-electron chi connectivity index (χ0n) is 19.7. The first kappa shape index (κ1) is 22.6. The molecular weight excluding hydrogens is 430 g/mol. The molecule has 1 atom stereocenters. The summed E-state index contributed by atoms with van der Waals surface area (Å²) in [6, 6.07) is 40.2. The Morgan fingerprint density at radius 3 is 1.97 bits per heavy atom. The molecule has 4 aromatic rings. The Labute approximate surface area is 207 Å². The van der Waals surface area contributed by atoms with Crippen molar-refractivity contribution in [2.24, 2.45) is 4.99 Å². The number of aliphatic imine (C=N–C) groups is 1. The summed E-state index contributed by atoms with van der Waals surface area (Å²) in [6.45, 7) is 2.81. The molecule has 1 aliphatic heterocycles. The van der Waals surface area contributed by atoms with Crippen molar-refractivity contribution in [3.63, 3.8) is 0 Å². The molecule has 1 unspecified atom stereocenters. The third-order valence-corrected chi connectivity index (χ3v) is 6.37. The van der Waals surface area contributed by atoms with Gasteiger partial charge in [-0.2, -0.15) is 0 Å². The van der Waals surface area contributed by atoms with E-state index in [1.807, 2.05) is 72.8 Å². The Balaban J connectivity index is 1.47. The Morgan fingerprint density at radius 2 is 1.31 bits per heavy atom. The fourth-order valence-corrected chi connectivity index (χ4v) is 4.65. The van der Waals surface area contributed by atoms with Crippen molar-refractivity contribution in [2.45, 2.75) is 12.6 Å². The van der Waals surface area contributed by atoms with Crippen LogP contribution in [0.4, 0.5) is 5.69 Å². The molecule has 4 heteroatoms. The van der Waals surface area contributed by atoms with Gasteiger partial charge in [0.25, 0.3) is 0 Å². The number of hydrogen-bond donors (Lipinski definition) is 0. The largest absolute Gasteiger partial charge is 0.360 e. The van der Waals surface area contributed by atoms with E-state index in [-0.39, 0.29) is 5.78 Å². The van der Waals surface area contributed by atoms with Gasteiger partial charge in [0.15, 0.2) is 5.78 Å². The van der Waals surface area contributed by atoms with Crippen LogP contribution in [0.3, 0.4) is 0 Å². The molecule has 0 amide bonds. The molecular formula is C31H29N3O. The molecule has 5 rings (SSSR count). The lowest BCUT2D eigenvalue weighted by molar-refractivity contribution is 0.0893. The highest BCUT2D eigenvalue weighted by atomic mass is 16.1. The van der Waals surface area contributed by atoms with Gasteiger partial charge in [0.2, 0.25) is 0 Å². The number of para-hydroxylation sites is 1. The third kappa shape index (κ3) is 5.33. The molecule has 0 aromatic heterocycles. The number of rotatable bonds is 9. The van der Waals surface area contributed by atoms with Gasteiger partial charge in [0.1, 0.15) is 11.9 Å². The molecule has 0 saturated carbocycles. The van der Waals surface area contributed by atoms with Gasteiger partial charge in [-0.1, -0.05) is 109 Å². The minimum atomic E-state index is -0.408. The molecule has 1 aliphatic rings. The number of carbonyl (C=O) groups excluding carboxylic acids is 1. The van der Waals surface area contributed by atoms with Crippen LogP contribution in [0.5, 0.6) is 0 Å². The first-order chi connectivity index (χ1) is 17.3. The molecule has 0 fully saturated rings. The molecule has 0 radical (unpaired) electrons. The Morgan fingerprint density at radius 1 is 0.743 bits per heavy atom. The van der Waals surface area contributed by atoms with Gasteiger partial charge in [-0.25, -0.2) is 0 Å². The molecule has 0 aliphatic carbocycles. The second-order valence-corrected chi connectivity index (χ2v) is 8.71. The first-order valence-electron chi connectivity index (χ1n) is 12.1. The SMILES string of the molecule is O=C(c1ccccc1)C(c1ccccc1)N1CCN=C1CN(Cc1ccccc1)c1ccccc1. The summed E-state index contributed by atoms with van der Waals surface area (Å²) in [5, 5.41) is 0. The van der Waals surface area contributed by atoms with Crippen LogP contribution in [-0.4, -0.2) is 36.2 Å². The van der Waals surface area contributed by atoms with Gasteiger partial charge in [-0.15, -0.1) is 0 Å². The van der Waals surface area contributed by atoms with Crippen molar-refractivity contribution in [2.75, 3.05) is 24.5 Å². The van der Waals surface area contributed by atoms with Crippen molar-refractivity contribution in [1.82, 2.24) is 4.90 Å². The molecule has 4 nitrogen and oxygen atoms in total. The first-order valence-corrected chi connectivity index (χ1v) is 12.1. The van der Waals surface area contributed by atoms with E-state index in [9.17, 15) is 4.79 Å². The third-order valence-electron chi connectivity index (χ3n) is 6.37. The zero-order valence-corrected chi connectivity index (χ0v) is 19.7. The molecule has 1 heterocycles. The Bertz CT molecular complexity index is 1260. The lowest BCUT2D eigenvalue weighted by atomic mass is 9.95. The van der Waals surface area contributed by atoms with Gasteiger partial charge in [-0.3, -0.25) is 9.79 Å². The van der Waals surface area contributed by atoms with E-state index >= 15 is 0 Å². The Hall–Kier alpha value is -4.18. The summed E-state index contributed by atoms with van der Waals surface area (Å²) in [7, 11) is 0. The second kappa shape index (κ2) is 10.8. The van der Waals surface area contributed by atoms with Gasteiger partial charge < -0.3 is 9.80 Å². The highest BCUT2D eigenvalue weighted by Crippen LogP contribution is 2.29. The van der Waals surface area contributed by atoms with Gasteiger partial charge in [-0.05, 0) is 23.3 Å². The van der Waals surface area contributed by atoms with Crippen LogP contribution < -0.4 is 4.90 Å². The van der Waals surface area contributed by atoms with Crippen LogP contribution in [0.25, 0.3) is 0 Å². The molecule has 35 heavy (non-hydrogen) atoms. The molecule has 0 saturated heterocycles. The summed E-state index contributed by atoms with van der Waals surface area (Å²) >= 11 is 0. The zero-order chi connectivity index (χ0) is 23.9. The average Bonchev–Trinajstić information content (AvgIpc) is 3.38. The van der Waals surface area contributed by atoms with Crippen molar-refractivity contribution in [3.05, 3.63) is 138 Å². The maximum absolute atomic E-state index is 13.8. The van der Waals surface area contributed by atoms with Crippen LogP contribution in [0.2, 0.25) is 0 Å². The van der Waals surface area contributed by atoms with E-state index < -0.39 is 6.04 Å². The van der Waals surface area contributed by atoms with Crippen LogP contribution in [-0.2, 0) is 6.54 Å². The predicted molar refractivity (Wildman–Crippen MR) is 143 cm³/mol. The normalized spacial score (nSPS) is 13.8. The van der Waals surface area contributed by atoms with E-state index in [4.69, 9.17) is 4.99 Å². The average molecular weight is 460 g/mol.